The summed E-state index contributed by atoms with van der Waals surface area (Å²) in [7, 11) is 3.19. The molecule has 0 aliphatic heterocycles. The van der Waals surface area contributed by atoms with E-state index >= 15 is 0 Å². The van der Waals surface area contributed by atoms with Gasteiger partial charge >= 0.3 is 0 Å². The summed E-state index contributed by atoms with van der Waals surface area (Å²) < 4.78 is 14.3. The highest BCUT2D eigenvalue weighted by Gasteiger charge is 2.16. The normalized spacial score (nSPS) is 10.6. The van der Waals surface area contributed by atoms with Crippen LogP contribution in [0.4, 0.5) is 5.69 Å². The van der Waals surface area contributed by atoms with Crippen molar-refractivity contribution < 1.29 is 14.3 Å². The van der Waals surface area contributed by atoms with E-state index in [1.54, 1.807) is 73.8 Å². The van der Waals surface area contributed by atoms with Gasteiger partial charge in [0.1, 0.15) is 29.3 Å². The summed E-state index contributed by atoms with van der Waals surface area (Å²) in [6.07, 6.45) is 6.72. The number of aryl methyl sites for hydroxylation is 2. The first kappa shape index (κ1) is 19.1. The molecule has 30 heavy (non-hydrogen) atoms. The molecule has 3 aromatic heterocycles. The van der Waals surface area contributed by atoms with E-state index in [0.717, 1.165) is 0 Å². The maximum Gasteiger partial charge on any atom is 0.262 e. The molecule has 4 rings (SSSR count). The second-order valence-corrected chi connectivity index (χ2v) is 6.39. The van der Waals surface area contributed by atoms with Crippen molar-refractivity contribution in [3.8, 4) is 23.3 Å². The predicted octanol–water partition coefficient (Wildman–Crippen LogP) is 2.76. The number of anilines is 1. The fourth-order valence-corrected chi connectivity index (χ4v) is 2.80. The minimum Gasteiger partial charge on any atom is -0.479 e. The molecule has 0 aliphatic carbocycles. The van der Waals surface area contributed by atoms with Gasteiger partial charge in [-0.15, -0.1) is 5.10 Å². The van der Waals surface area contributed by atoms with Gasteiger partial charge in [-0.25, -0.2) is 9.97 Å². The Labute approximate surface area is 172 Å². The molecule has 0 atom stereocenters. The molecule has 0 saturated heterocycles. The van der Waals surface area contributed by atoms with Gasteiger partial charge in [-0.1, -0.05) is 0 Å². The minimum atomic E-state index is -0.315. The first-order chi connectivity index (χ1) is 14.5. The van der Waals surface area contributed by atoms with Crippen LogP contribution in [0.2, 0.25) is 0 Å². The quantitative estimate of drug-likeness (QED) is 0.525. The molecular weight excluding hydrogens is 386 g/mol. The number of hydrogen-bond donors (Lipinski definition) is 1. The van der Waals surface area contributed by atoms with Gasteiger partial charge in [0, 0.05) is 37.4 Å². The number of ether oxygens (including phenoxy) is 2. The topological polar surface area (TPSA) is 109 Å². The molecule has 0 bridgehead atoms. The zero-order valence-corrected chi connectivity index (χ0v) is 16.6. The SMILES string of the molecule is COc1nn(C)cc1C(=O)Nc1ccc(Oc2cc(-n3ccnc3)nc(C)n2)cc1. The first-order valence-electron chi connectivity index (χ1n) is 9.03. The number of aromatic nitrogens is 6. The highest BCUT2D eigenvalue weighted by Crippen LogP contribution is 2.24. The number of benzene rings is 1. The van der Waals surface area contributed by atoms with Crippen LogP contribution in [0.3, 0.4) is 0 Å². The van der Waals surface area contributed by atoms with Gasteiger partial charge in [0.2, 0.25) is 11.8 Å². The third-order valence-electron chi connectivity index (χ3n) is 4.14. The maximum atomic E-state index is 12.5. The van der Waals surface area contributed by atoms with Crippen LogP contribution in [0.5, 0.6) is 17.5 Å². The van der Waals surface area contributed by atoms with E-state index in [1.165, 1.54) is 11.8 Å². The number of rotatable bonds is 6. The third-order valence-corrected chi connectivity index (χ3v) is 4.14. The smallest absolute Gasteiger partial charge is 0.262 e. The average molecular weight is 405 g/mol. The molecule has 1 aromatic carbocycles. The second kappa shape index (κ2) is 8.03. The zero-order valence-electron chi connectivity index (χ0n) is 16.6. The standard InChI is InChI=1S/C20H19N7O3/c1-13-22-17(27-9-8-21-12-27)10-18(23-13)30-15-6-4-14(5-7-15)24-19(28)16-11-26(2)25-20(16)29-3/h4-12H,1-3H3,(H,24,28). The molecule has 0 fully saturated rings. The summed E-state index contributed by atoms with van der Waals surface area (Å²) in [5, 5.41) is 6.89. The molecule has 0 aliphatic rings. The van der Waals surface area contributed by atoms with E-state index in [-0.39, 0.29) is 11.8 Å². The lowest BCUT2D eigenvalue weighted by molar-refractivity contribution is 0.102. The third kappa shape index (κ3) is 4.12. The summed E-state index contributed by atoms with van der Waals surface area (Å²) in [5.74, 6) is 2.16. The monoisotopic (exact) mass is 405 g/mol. The highest BCUT2D eigenvalue weighted by molar-refractivity contribution is 6.05. The van der Waals surface area contributed by atoms with Crippen LogP contribution in [0.15, 0.2) is 55.2 Å². The summed E-state index contributed by atoms with van der Waals surface area (Å²) in [6.45, 7) is 1.79. The van der Waals surface area contributed by atoms with Crippen molar-refractivity contribution >= 4 is 11.6 Å². The molecule has 1 N–H and O–H groups in total. The minimum absolute atomic E-state index is 0.266. The molecule has 0 saturated carbocycles. The number of carbonyl (C=O) groups excluding carboxylic acids is 1. The lowest BCUT2D eigenvalue weighted by Crippen LogP contribution is -2.12. The lowest BCUT2D eigenvalue weighted by atomic mass is 10.2. The summed E-state index contributed by atoms with van der Waals surface area (Å²) in [5.41, 5.74) is 0.958. The van der Waals surface area contributed by atoms with Crippen molar-refractivity contribution in [2.75, 3.05) is 12.4 Å². The van der Waals surface area contributed by atoms with E-state index < -0.39 is 0 Å². The van der Waals surface area contributed by atoms with E-state index in [9.17, 15) is 4.79 Å². The molecule has 1 amide bonds. The number of imidazole rings is 1. The molecule has 3 heterocycles. The summed E-state index contributed by atoms with van der Waals surface area (Å²) >= 11 is 0. The van der Waals surface area contributed by atoms with Crippen LogP contribution in [0.1, 0.15) is 16.2 Å². The van der Waals surface area contributed by atoms with Crippen molar-refractivity contribution in [2.45, 2.75) is 6.92 Å². The van der Waals surface area contributed by atoms with E-state index in [0.29, 0.717) is 34.5 Å². The van der Waals surface area contributed by atoms with Gasteiger partial charge in [-0.2, -0.15) is 4.98 Å². The fourth-order valence-electron chi connectivity index (χ4n) is 2.80. The lowest BCUT2D eigenvalue weighted by Gasteiger charge is -2.09. The van der Waals surface area contributed by atoms with Crippen LogP contribution in [-0.2, 0) is 7.05 Å². The number of hydrogen-bond acceptors (Lipinski definition) is 7. The number of amides is 1. The van der Waals surface area contributed by atoms with Gasteiger partial charge in [-0.3, -0.25) is 14.0 Å². The van der Waals surface area contributed by atoms with Gasteiger partial charge in [-0.05, 0) is 31.2 Å². The van der Waals surface area contributed by atoms with E-state index in [1.807, 2.05) is 0 Å². The molecule has 4 aromatic rings. The maximum absolute atomic E-state index is 12.5. The molecule has 10 heteroatoms. The average Bonchev–Trinajstić information content (AvgIpc) is 3.38. The van der Waals surface area contributed by atoms with Crippen LogP contribution < -0.4 is 14.8 Å². The molecule has 10 nitrogen and oxygen atoms in total. The number of nitrogens with zero attached hydrogens (tertiary/aromatic N) is 6. The molecular formula is C20H19N7O3. The van der Waals surface area contributed by atoms with Crippen molar-refractivity contribution in [2.24, 2.45) is 7.05 Å². The zero-order chi connectivity index (χ0) is 21.1. The number of carbonyl (C=O) groups is 1. The predicted molar refractivity (Wildman–Crippen MR) is 108 cm³/mol. The molecule has 0 radical (unpaired) electrons. The van der Waals surface area contributed by atoms with E-state index in [4.69, 9.17) is 9.47 Å². The van der Waals surface area contributed by atoms with E-state index in [2.05, 4.69) is 25.4 Å². The molecule has 0 unspecified atom stereocenters. The van der Waals surface area contributed by atoms with Crippen molar-refractivity contribution in [3.05, 3.63) is 66.6 Å². The Hall–Kier alpha value is -4.21. The van der Waals surface area contributed by atoms with Gasteiger partial charge in [0.15, 0.2) is 0 Å². The van der Waals surface area contributed by atoms with Crippen molar-refractivity contribution in [1.29, 1.82) is 0 Å². The Kier molecular flexibility index (Phi) is 5.12. The summed E-state index contributed by atoms with van der Waals surface area (Å²) in [6, 6.07) is 8.68. The van der Waals surface area contributed by atoms with Crippen molar-refractivity contribution in [1.82, 2.24) is 29.3 Å². The number of nitrogens with one attached hydrogen (secondary N) is 1. The van der Waals surface area contributed by atoms with Gasteiger partial charge in [0.05, 0.1) is 7.11 Å². The first-order valence-corrected chi connectivity index (χ1v) is 9.03. The number of methoxy groups -OCH3 is 1. The van der Waals surface area contributed by atoms with Gasteiger partial charge in [0.25, 0.3) is 5.91 Å². The second-order valence-electron chi connectivity index (χ2n) is 6.39. The largest absolute Gasteiger partial charge is 0.479 e. The molecule has 152 valence electrons. The summed E-state index contributed by atoms with van der Waals surface area (Å²) in [4.78, 5) is 25.2. The Bertz CT molecular complexity index is 1170. The Morgan fingerprint density at radius 2 is 1.97 bits per heavy atom. The Balaban J connectivity index is 1.47. The van der Waals surface area contributed by atoms with Crippen LogP contribution in [-0.4, -0.2) is 42.3 Å². The molecule has 0 spiro atoms. The Morgan fingerprint density at radius 1 is 1.17 bits per heavy atom. The highest BCUT2D eigenvalue weighted by atomic mass is 16.5. The Morgan fingerprint density at radius 3 is 2.67 bits per heavy atom. The van der Waals surface area contributed by atoms with Crippen LogP contribution in [0.25, 0.3) is 5.82 Å². The fraction of sp³-hybridized carbons (Fsp3) is 0.150. The van der Waals surface area contributed by atoms with Crippen LogP contribution in [0, 0.1) is 6.92 Å². The van der Waals surface area contributed by atoms with Crippen molar-refractivity contribution in [3.63, 3.8) is 0 Å². The van der Waals surface area contributed by atoms with Crippen LogP contribution >= 0.6 is 0 Å². The van der Waals surface area contributed by atoms with Gasteiger partial charge < -0.3 is 14.8 Å².